The maximum atomic E-state index is 13.8. The summed E-state index contributed by atoms with van der Waals surface area (Å²) in [5, 5.41) is 11.8. The zero-order valence-corrected chi connectivity index (χ0v) is 25.0. The number of hydrogen-bond donors (Lipinski definition) is 0. The van der Waals surface area contributed by atoms with E-state index in [4.69, 9.17) is 25.5 Å². The van der Waals surface area contributed by atoms with Crippen LogP contribution in [-0.4, -0.2) is 29.2 Å². The number of allylic oxidation sites excluding steroid dienone is 1. The number of methoxy groups -OCH3 is 1. The molecule has 0 N–H and O–H groups in total. The number of thiazole rings is 1. The molecule has 41 heavy (non-hydrogen) atoms. The minimum absolute atomic E-state index is 0.158. The van der Waals surface area contributed by atoms with Crippen molar-refractivity contribution in [1.29, 1.82) is 0 Å². The molecule has 0 amide bonds. The first-order valence-corrected chi connectivity index (χ1v) is 14.2. The average molecular weight is 659 g/mol. The Hall–Kier alpha value is -4.00. The van der Waals surface area contributed by atoms with Crippen LogP contribution in [0.15, 0.2) is 78.5 Å². The molecule has 5 rings (SSSR count). The van der Waals surface area contributed by atoms with Gasteiger partial charge in [-0.1, -0.05) is 29.0 Å². The molecule has 4 aromatic rings. The molecular formula is C28H21BrClN3O7S. The summed E-state index contributed by atoms with van der Waals surface area (Å²) in [7, 11) is 1.54. The standard InChI is InChI=1S/C28H21BrClN3O7S/c1-4-39-27(35)24-14(2)31-28-32(25(24)15-5-9-22(38-3)19(29)11-15)26(34)23(41-28)13-17-7-10-21(40-17)18-8-6-16(30)12-20(18)33(36)37/h5-13,25H,4H2,1-3H3/b23-13+/t25-/m1/s1. The molecule has 0 saturated heterocycles. The number of aromatic nitrogens is 1. The second-order valence-electron chi connectivity index (χ2n) is 8.82. The van der Waals surface area contributed by atoms with Gasteiger partial charge in [-0.2, -0.15) is 0 Å². The van der Waals surface area contributed by atoms with Crippen molar-refractivity contribution in [1.82, 2.24) is 4.57 Å². The van der Waals surface area contributed by atoms with Gasteiger partial charge in [0.2, 0.25) is 0 Å². The molecule has 0 spiro atoms. The van der Waals surface area contributed by atoms with Crippen LogP contribution in [0, 0.1) is 10.1 Å². The number of nitro benzene ring substituents is 1. The van der Waals surface area contributed by atoms with Gasteiger partial charge in [0.1, 0.15) is 17.3 Å². The molecule has 0 unspecified atom stereocenters. The van der Waals surface area contributed by atoms with Crippen LogP contribution in [0.3, 0.4) is 0 Å². The third kappa shape index (κ3) is 5.37. The number of benzene rings is 2. The van der Waals surface area contributed by atoms with Gasteiger partial charge < -0.3 is 13.9 Å². The largest absolute Gasteiger partial charge is 0.496 e. The van der Waals surface area contributed by atoms with E-state index in [0.29, 0.717) is 36.6 Å². The number of ether oxygens (including phenoxy) is 2. The number of carbonyl (C=O) groups is 1. The van der Waals surface area contributed by atoms with Gasteiger partial charge in [-0.15, -0.1) is 0 Å². The summed E-state index contributed by atoms with van der Waals surface area (Å²) in [5.41, 5.74) is 0.987. The number of rotatable bonds is 7. The number of hydrogen-bond acceptors (Lipinski definition) is 9. The van der Waals surface area contributed by atoms with Gasteiger partial charge in [0.15, 0.2) is 4.80 Å². The number of nitro groups is 1. The summed E-state index contributed by atoms with van der Waals surface area (Å²) < 4.78 is 19.0. The number of furan rings is 1. The van der Waals surface area contributed by atoms with E-state index in [-0.39, 0.29) is 34.2 Å². The van der Waals surface area contributed by atoms with E-state index in [1.165, 1.54) is 22.8 Å². The van der Waals surface area contributed by atoms with Crippen LogP contribution in [0.25, 0.3) is 17.4 Å². The number of carbonyl (C=O) groups excluding carboxylic acids is 1. The fraction of sp³-hybridized carbons (Fsp3) is 0.179. The maximum absolute atomic E-state index is 13.8. The summed E-state index contributed by atoms with van der Waals surface area (Å²) in [6, 6.07) is 12.0. The van der Waals surface area contributed by atoms with E-state index in [2.05, 4.69) is 20.9 Å². The van der Waals surface area contributed by atoms with Crippen molar-refractivity contribution in [2.75, 3.05) is 13.7 Å². The highest BCUT2D eigenvalue weighted by molar-refractivity contribution is 9.10. The SMILES string of the molecule is CCOC(=O)C1=C(C)N=c2s/c(=C/c3ccc(-c4ccc(Cl)cc4[N+](=O)[O-])o3)c(=O)n2[C@@H]1c1ccc(OC)c(Br)c1. The average Bonchev–Trinajstić information content (AvgIpc) is 3.52. The summed E-state index contributed by atoms with van der Waals surface area (Å²) in [4.78, 5) is 42.9. The lowest BCUT2D eigenvalue weighted by Crippen LogP contribution is -2.39. The Morgan fingerprint density at radius 1 is 1.27 bits per heavy atom. The summed E-state index contributed by atoms with van der Waals surface area (Å²) in [6.07, 6.45) is 1.54. The summed E-state index contributed by atoms with van der Waals surface area (Å²) in [6.45, 7) is 3.57. The Morgan fingerprint density at radius 3 is 2.73 bits per heavy atom. The van der Waals surface area contributed by atoms with Crippen LogP contribution < -0.4 is 19.6 Å². The topological polar surface area (TPSA) is 126 Å². The Bertz CT molecular complexity index is 1920. The molecule has 0 saturated carbocycles. The second kappa shape index (κ2) is 11.5. The molecule has 1 atom stereocenters. The molecule has 0 radical (unpaired) electrons. The molecule has 210 valence electrons. The number of esters is 1. The normalized spacial score (nSPS) is 15.0. The zero-order valence-electron chi connectivity index (χ0n) is 21.8. The number of halogens is 2. The van der Waals surface area contributed by atoms with Crippen molar-refractivity contribution in [2.45, 2.75) is 19.9 Å². The lowest BCUT2D eigenvalue weighted by Gasteiger charge is -2.25. The van der Waals surface area contributed by atoms with E-state index in [1.807, 2.05) is 0 Å². The first-order chi connectivity index (χ1) is 19.6. The molecule has 1 aliphatic rings. The predicted octanol–water partition coefficient (Wildman–Crippen LogP) is 5.39. The van der Waals surface area contributed by atoms with Crippen molar-refractivity contribution in [3.05, 3.63) is 110 Å². The zero-order chi connectivity index (χ0) is 29.4. The summed E-state index contributed by atoms with van der Waals surface area (Å²) in [5.74, 6) is 0.572. The quantitative estimate of drug-likeness (QED) is 0.148. The predicted molar refractivity (Wildman–Crippen MR) is 157 cm³/mol. The molecule has 0 fully saturated rings. The molecule has 2 aromatic carbocycles. The minimum Gasteiger partial charge on any atom is -0.496 e. The molecule has 0 bridgehead atoms. The molecular weight excluding hydrogens is 638 g/mol. The van der Waals surface area contributed by atoms with Gasteiger partial charge in [-0.25, -0.2) is 9.79 Å². The van der Waals surface area contributed by atoms with Gasteiger partial charge in [-0.3, -0.25) is 19.5 Å². The fourth-order valence-corrected chi connectivity index (χ4v) is 6.28. The lowest BCUT2D eigenvalue weighted by molar-refractivity contribution is -0.384. The van der Waals surface area contributed by atoms with Crippen LogP contribution in [0.5, 0.6) is 5.75 Å². The Balaban J connectivity index is 1.65. The van der Waals surface area contributed by atoms with Gasteiger partial charge in [0, 0.05) is 17.2 Å². The van der Waals surface area contributed by atoms with Crippen molar-refractivity contribution in [2.24, 2.45) is 4.99 Å². The minimum atomic E-state index is -0.807. The van der Waals surface area contributed by atoms with Gasteiger partial charge in [0.25, 0.3) is 11.2 Å². The van der Waals surface area contributed by atoms with E-state index in [9.17, 15) is 19.7 Å². The summed E-state index contributed by atoms with van der Waals surface area (Å²) >= 11 is 10.6. The Kier molecular flexibility index (Phi) is 7.98. The van der Waals surface area contributed by atoms with Crippen molar-refractivity contribution in [3.8, 4) is 17.1 Å². The smallest absolute Gasteiger partial charge is 0.338 e. The monoisotopic (exact) mass is 657 g/mol. The number of fused-ring (bicyclic) bond motifs is 1. The highest BCUT2D eigenvalue weighted by atomic mass is 79.9. The molecule has 1 aliphatic heterocycles. The van der Waals surface area contributed by atoms with Gasteiger partial charge >= 0.3 is 5.97 Å². The van der Waals surface area contributed by atoms with Crippen molar-refractivity contribution < 1.29 is 23.6 Å². The maximum Gasteiger partial charge on any atom is 0.338 e. The van der Waals surface area contributed by atoms with Crippen LogP contribution in [0.2, 0.25) is 5.02 Å². The molecule has 0 aliphatic carbocycles. The van der Waals surface area contributed by atoms with Gasteiger partial charge in [-0.05, 0) is 71.7 Å². The molecule has 10 nitrogen and oxygen atoms in total. The Morgan fingerprint density at radius 2 is 2.05 bits per heavy atom. The van der Waals surface area contributed by atoms with E-state index in [1.54, 1.807) is 57.4 Å². The van der Waals surface area contributed by atoms with Crippen LogP contribution in [0.1, 0.15) is 31.2 Å². The number of nitrogens with zero attached hydrogens (tertiary/aromatic N) is 3. The fourth-order valence-electron chi connectivity index (χ4n) is 4.53. The van der Waals surface area contributed by atoms with E-state index >= 15 is 0 Å². The second-order valence-corrected chi connectivity index (χ2v) is 11.1. The van der Waals surface area contributed by atoms with Crippen LogP contribution >= 0.6 is 38.9 Å². The van der Waals surface area contributed by atoms with Crippen LogP contribution in [0.4, 0.5) is 5.69 Å². The first-order valence-electron chi connectivity index (χ1n) is 12.2. The Labute approximate surface area is 250 Å². The highest BCUT2D eigenvalue weighted by Gasteiger charge is 2.33. The molecule has 3 heterocycles. The lowest BCUT2D eigenvalue weighted by atomic mass is 9.96. The van der Waals surface area contributed by atoms with Crippen LogP contribution in [-0.2, 0) is 9.53 Å². The molecule has 2 aromatic heterocycles. The van der Waals surface area contributed by atoms with Crippen molar-refractivity contribution in [3.63, 3.8) is 0 Å². The van der Waals surface area contributed by atoms with E-state index < -0.39 is 22.5 Å². The third-order valence-corrected chi connectivity index (χ3v) is 8.17. The first kappa shape index (κ1) is 28.5. The van der Waals surface area contributed by atoms with Gasteiger partial charge in [0.05, 0.1) is 50.5 Å². The third-order valence-electron chi connectivity index (χ3n) is 6.33. The molecule has 13 heteroatoms. The van der Waals surface area contributed by atoms with E-state index in [0.717, 1.165) is 11.3 Å². The van der Waals surface area contributed by atoms with Crippen molar-refractivity contribution >= 4 is 56.6 Å². The highest BCUT2D eigenvalue weighted by Crippen LogP contribution is 2.36.